The molecule has 0 aromatic carbocycles. The third-order valence-corrected chi connectivity index (χ3v) is 2.02. The van der Waals surface area contributed by atoms with Crippen molar-refractivity contribution < 1.29 is 5.11 Å². The average molecular weight is 129 g/mol. The second-order valence-electron chi connectivity index (χ2n) is 2.72. The fourth-order valence-corrected chi connectivity index (χ4v) is 1.33. The minimum absolute atomic E-state index is 0.275. The molecule has 0 aromatic heterocycles. The Hall–Kier alpha value is -0.440. The van der Waals surface area contributed by atoms with Crippen molar-refractivity contribution >= 4 is 0 Å². The highest BCUT2D eigenvalue weighted by molar-refractivity contribution is 4.87. The van der Waals surface area contributed by atoms with Gasteiger partial charge in [0, 0.05) is 0 Å². The van der Waals surface area contributed by atoms with Crippen molar-refractivity contribution in [1.82, 2.24) is 0 Å². The van der Waals surface area contributed by atoms with Crippen LogP contribution in [0.25, 0.3) is 0 Å². The zero-order valence-electron chi connectivity index (χ0n) is 5.45. The molecule has 3 nitrogen and oxygen atoms in total. The molecule has 3 atom stereocenters. The number of nitrogens with zero attached hydrogens (tertiary/aromatic N) is 1. The van der Waals surface area contributed by atoms with Gasteiger partial charge in [-0.1, -0.05) is 12.1 Å². The van der Waals surface area contributed by atoms with Gasteiger partial charge in [0.05, 0.1) is 6.10 Å². The third-order valence-electron chi connectivity index (χ3n) is 2.02. The fraction of sp³-hybridized carbons (Fsp3) is 1.00. The van der Waals surface area contributed by atoms with Crippen molar-refractivity contribution in [3.05, 3.63) is 4.91 Å². The van der Waals surface area contributed by atoms with Crippen molar-refractivity contribution in [2.75, 3.05) is 0 Å². The predicted octanol–water partition coefficient (Wildman–Crippen LogP) is 0.912. The zero-order chi connectivity index (χ0) is 6.85. The van der Waals surface area contributed by atoms with Crippen molar-refractivity contribution in [3.63, 3.8) is 0 Å². The smallest absolute Gasteiger partial charge is 0.120 e. The van der Waals surface area contributed by atoms with E-state index in [0.717, 1.165) is 12.8 Å². The van der Waals surface area contributed by atoms with E-state index in [9.17, 15) is 4.91 Å². The van der Waals surface area contributed by atoms with Gasteiger partial charge in [-0.3, -0.25) is 0 Å². The Morgan fingerprint density at radius 2 is 2.22 bits per heavy atom. The van der Waals surface area contributed by atoms with Gasteiger partial charge in [0.15, 0.2) is 0 Å². The molecule has 0 saturated heterocycles. The monoisotopic (exact) mass is 129 g/mol. The summed E-state index contributed by atoms with van der Waals surface area (Å²) < 4.78 is 0. The van der Waals surface area contributed by atoms with Crippen LogP contribution in [0.1, 0.15) is 19.8 Å². The first-order valence-corrected chi connectivity index (χ1v) is 3.26. The largest absolute Gasteiger partial charge is 0.391 e. The molecule has 1 aliphatic rings. The number of nitroso groups, excluding NO2 is 1. The second kappa shape index (κ2) is 2.43. The maximum atomic E-state index is 10.0. The van der Waals surface area contributed by atoms with Crippen LogP contribution in [-0.2, 0) is 0 Å². The van der Waals surface area contributed by atoms with Crippen LogP contribution >= 0.6 is 0 Å². The molecule has 1 N–H and O–H groups in total. The first-order valence-electron chi connectivity index (χ1n) is 3.26. The maximum absolute atomic E-state index is 10.0. The van der Waals surface area contributed by atoms with E-state index in [1.807, 2.05) is 6.92 Å². The van der Waals surface area contributed by atoms with E-state index >= 15 is 0 Å². The van der Waals surface area contributed by atoms with E-state index < -0.39 is 6.10 Å². The molecule has 0 aromatic rings. The van der Waals surface area contributed by atoms with Gasteiger partial charge in [-0.25, -0.2) is 0 Å². The van der Waals surface area contributed by atoms with Crippen LogP contribution in [0.4, 0.5) is 0 Å². The summed E-state index contributed by atoms with van der Waals surface area (Å²) in [6.45, 7) is 1.95. The Kier molecular flexibility index (Phi) is 1.81. The molecular weight excluding hydrogens is 118 g/mol. The Morgan fingerprint density at radius 3 is 2.44 bits per heavy atom. The molecule has 1 fully saturated rings. The number of hydrogen-bond acceptors (Lipinski definition) is 3. The van der Waals surface area contributed by atoms with Crippen LogP contribution in [0, 0.1) is 10.8 Å². The first kappa shape index (κ1) is 6.68. The van der Waals surface area contributed by atoms with E-state index in [1.54, 1.807) is 0 Å². The van der Waals surface area contributed by atoms with E-state index in [-0.39, 0.29) is 12.0 Å². The van der Waals surface area contributed by atoms with Gasteiger partial charge in [0.2, 0.25) is 0 Å². The molecule has 1 rings (SSSR count). The van der Waals surface area contributed by atoms with Crippen LogP contribution < -0.4 is 0 Å². The summed E-state index contributed by atoms with van der Waals surface area (Å²) in [5.74, 6) is 0.275. The first-order chi connectivity index (χ1) is 4.25. The standard InChI is InChI=1S/C6H11NO2/c1-4-2-3-5(8)6(4)7-9/h4-6,8H,2-3H2,1H3. The fourth-order valence-electron chi connectivity index (χ4n) is 1.33. The van der Waals surface area contributed by atoms with Crippen LogP contribution in [0.15, 0.2) is 5.18 Å². The number of hydrogen-bond donors (Lipinski definition) is 1. The minimum atomic E-state index is -0.475. The predicted molar refractivity (Wildman–Crippen MR) is 34.0 cm³/mol. The Bertz CT molecular complexity index is 106. The van der Waals surface area contributed by atoms with Gasteiger partial charge in [0.25, 0.3) is 0 Å². The van der Waals surface area contributed by atoms with Gasteiger partial charge in [-0.15, -0.1) is 0 Å². The maximum Gasteiger partial charge on any atom is 0.120 e. The lowest BCUT2D eigenvalue weighted by Crippen LogP contribution is -2.20. The van der Waals surface area contributed by atoms with E-state index in [1.165, 1.54) is 0 Å². The highest BCUT2D eigenvalue weighted by Crippen LogP contribution is 2.27. The second-order valence-corrected chi connectivity index (χ2v) is 2.72. The molecule has 3 heteroatoms. The number of rotatable bonds is 1. The lowest BCUT2D eigenvalue weighted by molar-refractivity contribution is 0.158. The molecule has 52 valence electrons. The van der Waals surface area contributed by atoms with Gasteiger partial charge in [-0.2, -0.15) is 4.91 Å². The Labute approximate surface area is 54.0 Å². The van der Waals surface area contributed by atoms with E-state index in [4.69, 9.17) is 5.11 Å². The molecule has 0 spiro atoms. The van der Waals surface area contributed by atoms with Gasteiger partial charge < -0.3 is 5.11 Å². The molecule has 0 radical (unpaired) electrons. The van der Waals surface area contributed by atoms with Gasteiger partial charge in [0.1, 0.15) is 6.04 Å². The highest BCUT2D eigenvalue weighted by atomic mass is 16.3. The van der Waals surface area contributed by atoms with E-state index in [0.29, 0.717) is 0 Å². The van der Waals surface area contributed by atoms with Crippen LogP contribution in [0.3, 0.4) is 0 Å². The van der Waals surface area contributed by atoms with Crippen molar-refractivity contribution in [3.8, 4) is 0 Å². The SMILES string of the molecule is CC1CCC(O)C1N=O. The number of aliphatic hydroxyl groups is 1. The molecule has 0 amide bonds. The zero-order valence-corrected chi connectivity index (χ0v) is 5.45. The van der Waals surface area contributed by atoms with Gasteiger partial charge >= 0.3 is 0 Å². The number of aliphatic hydroxyl groups excluding tert-OH is 1. The highest BCUT2D eigenvalue weighted by Gasteiger charge is 2.32. The Morgan fingerprint density at radius 1 is 1.56 bits per heavy atom. The van der Waals surface area contributed by atoms with Gasteiger partial charge in [-0.05, 0) is 18.8 Å². The molecule has 0 heterocycles. The third kappa shape index (κ3) is 1.10. The summed E-state index contributed by atoms with van der Waals surface area (Å²) in [5, 5.41) is 11.9. The molecule has 9 heavy (non-hydrogen) atoms. The van der Waals surface area contributed by atoms with Crippen LogP contribution in [0.5, 0.6) is 0 Å². The summed E-state index contributed by atoms with van der Waals surface area (Å²) in [4.78, 5) is 10.0. The van der Waals surface area contributed by atoms with Crippen LogP contribution in [-0.4, -0.2) is 17.3 Å². The molecule has 1 saturated carbocycles. The molecular formula is C6H11NO2. The lowest BCUT2D eigenvalue weighted by Gasteiger charge is -2.07. The van der Waals surface area contributed by atoms with Crippen molar-refractivity contribution in [1.29, 1.82) is 0 Å². The quantitative estimate of drug-likeness (QED) is 0.535. The topological polar surface area (TPSA) is 49.7 Å². The molecule has 0 bridgehead atoms. The molecule has 3 unspecified atom stereocenters. The van der Waals surface area contributed by atoms with Crippen molar-refractivity contribution in [2.24, 2.45) is 11.1 Å². The lowest BCUT2D eigenvalue weighted by atomic mass is 10.1. The molecule has 0 aliphatic heterocycles. The summed E-state index contributed by atoms with van der Waals surface area (Å²) in [7, 11) is 0. The summed E-state index contributed by atoms with van der Waals surface area (Å²) in [5.41, 5.74) is 0. The minimum Gasteiger partial charge on any atom is -0.391 e. The summed E-state index contributed by atoms with van der Waals surface area (Å²) >= 11 is 0. The summed E-state index contributed by atoms with van der Waals surface area (Å²) in [6.07, 6.45) is 1.19. The normalized spacial score (nSPS) is 43.1. The van der Waals surface area contributed by atoms with Crippen molar-refractivity contribution in [2.45, 2.75) is 31.9 Å². The summed E-state index contributed by atoms with van der Waals surface area (Å²) in [6, 6.07) is -0.343. The molecule has 1 aliphatic carbocycles. The Balaban J connectivity index is 2.54. The van der Waals surface area contributed by atoms with Crippen LogP contribution in [0.2, 0.25) is 0 Å². The van der Waals surface area contributed by atoms with E-state index in [2.05, 4.69) is 5.18 Å². The average Bonchev–Trinajstić information content (AvgIpc) is 2.12.